The lowest BCUT2D eigenvalue weighted by molar-refractivity contribution is -0.128. The number of carbonyl (C=O) groups excluding carboxylic acids is 1. The van der Waals surface area contributed by atoms with Gasteiger partial charge in [-0.1, -0.05) is 17.7 Å². The highest BCUT2D eigenvalue weighted by Crippen LogP contribution is 2.35. The van der Waals surface area contributed by atoms with Gasteiger partial charge in [-0.15, -0.1) is 11.3 Å². The Balaban J connectivity index is 1.59. The van der Waals surface area contributed by atoms with Crippen LogP contribution in [0.5, 0.6) is 0 Å². The fraction of sp³-hybridized carbons (Fsp3) is 0.235. The molecule has 1 saturated heterocycles. The molecule has 0 unspecified atom stereocenters. The van der Waals surface area contributed by atoms with Crippen molar-refractivity contribution in [1.29, 1.82) is 0 Å². The van der Waals surface area contributed by atoms with E-state index in [1.54, 1.807) is 23.6 Å². The summed E-state index contributed by atoms with van der Waals surface area (Å²) in [7, 11) is 0. The Morgan fingerprint density at radius 2 is 2.17 bits per heavy atom. The van der Waals surface area contributed by atoms with E-state index in [1.165, 1.54) is 0 Å². The van der Waals surface area contributed by atoms with Crippen molar-refractivity contribution in [3.05, 3.63) is 47.2 Å². The van der Waals surface area contributed by atoms with Crippen molar-refractivity contribution < 1.29 is 4.79 Å². The van der Waals surface area contributed by atoms with Crippen LogP contribution in [0.4, 0.5) is 0 Å². The largest absolute Gasteiger partial charge is 0.338 e. The highest BCUT2D eigenvalue weighted by molar-refractivity contribution is 7.22. The summed E-state index contributed by atoms with van der Waals surface area (Å²) in [6.07, 6.45) is 5.19. The topological polar surface area (TPSA) is 46.1 Å². The zero-order valence-corrected chi connectivity index (χ0v) is 13.9. The maximum Gasteiger partial charge on any atom is 0.222 e. The van der Waals surface area contributed by atoms with E-state index < -0.39 is 0 Å². The molecule has 1 aliphatic heterocycles. The van der Waals surface area contributed by atoms with E-state index in [9.17, 15) is 4.79 Å². The zero-order chi connectivity index (χ0) is 15.8. The standard InChI is InChI=1S/C17H14ClN3OS/c18-12-5-6-19-14-8-15(23-17(12)14)13-4-3-11(9-20-13)10-21-7-1-2-16(21)22/h3-6,8-9H,1-2,7,10H2. The molecule has 1 amide bonds. The molecule has 1 aliphatic rings. The van der Waals surface area contributed by atoms with Gasteiger partial charge in [-0.25, -0.2) is 0 Å². The van der Waals surface area contributed by atoms with Gasteiger partial charge in [0.1, 0.15) is 0 Å². The molecule has 116 valence electrons. The van der Waals surface area contributed by atoms with Crippen LogP contribution < -0.4 is 0 Å². The molecular weight excluding hydrogens is 330 g/mol. The summed E-state index contributed by atoms with van der Waals surface area (Å²) in [5.41, 5.74) is 2.85. The van der Waals surface area contributed by atoms with Crippen LogP contribution in [0.1, 0.15) is 18.4 Å². The number of hydrogen-bond acceptors (Lipinski definition) is 4. The highest BCUT2D eigenvalue weighted by atomic mass is 35.5. The van der Waals surface area contributed by atoms with Gasteiger partial charge in [0.05, 0.1) is 25.8 Å². The second-order valence-corrected chi connectivity index (χ2v) is 7.05. The van der Waals surface area contributed by atoms with E-state index in [4.69, 9.17) is 11.6 Å². The van der Waals surface area contributed by atoms with Crippen LogP contribution in [0.15, 0.2) is 36.7 Å². The first-order valence-corrected chi connectivity index (χ1v) is 8.67. The minimum Gasteiger partial charge on any atom is -0.338 e. The number of halogens is 1. The van der Waals surface area contributed by atoms with Gasteiger partial charge in [-0.05, 0) is 30.2 Å². The number of nitrogens with zero attached hydrogens (tertiary/aromatic N) is 3. The summed E-state index contributed by atoms with van der Waals surface area (Å²) < 4.78 is 0.984. The SMILES string of the molecule is O=C1CCCN1Cc1ccc(-c2cc3nccc(Cl)c3s2)nc1. The van der Waals surface area contributed by atoms with Crippen LogP contribution in [0, 0.1) is 0 Å². The van der Waals surface area contributed by atoms with Crippen molar-refractivity contribution in [1.82, 2.24) is 14.9 Å². The lowest BCUT2D eigenvalue weighted by Gasteiger charge is -2.15. The summed E-state index contributed by atoms with van der Waals surface area (Å²) in [4.78, 5) is 23.5. The second kappa shape index (κ2) is 5.91. The van der Waals surface area contributed by atoms with E-state index in [0.29, 0.717) is 13.0 Å². The molecule has 1 fully saturated rings. The predicted octanol–water partition coefficient (Wildman–Crippen LogP) is 4.13. The van der Waals surface area contributed by atoms with Crippen LogP contribution in [0.2, 0.25) is 5.02 Å². The molecule has 0 spiro atoms. The van der Waals surface area contributed by atoms with Gasteiger partial charge in [0.2, 0.25) is 5.91 Å². The molecule has 4 nitrogen and oxygen atoms in total. The van der Waals surface area contributed by atoms with Crippen molar-refractivity contribution in [2.75, 3.05) is 6.54 Å². The van der Waals surface area contributed by atoms with Gasteiger partial charge in [0, 0.05) is 31.9 Å². The predicted molar refractivity (Wildman–Crippen MR) is 92.5 cm³/mol. The van der Waals surface area contributed by atoms with E-state index >= 15 is 0 Å². The third-order valence-corrected chi connectivity index (χ3v) is 5.59. The first-order valence-electron chi connectivity index (χ1n) is 7.48. The Bertz CT molecular complexity index is 875. The normalized spacial score (nSPS) is 14.8. The number of amides is 1. The molecule has 0 N–H and O–H groups in total. The molecule has 4 rings (SSSR count). The molecule has 0 aromatic carbocycles. The van der Waals surface area contributed by atoms with Gasteiger partial charge in [-0.3, -0.25) is 14.8 Å². The van der Waals surface area contributed by atoms with Gasteiger partial charge >= 0.3 is 0 Å². The van der Waals surface area contributed by atoms with Crippen molar-refractivity contribution in [2.45, 2.75) is 19.4 Å². The average molecular weight is 344 g/mol. The molecule has 0 bridgehead atoms. The smallest absolute Gasteiger partial charge is 0.222 e. The monoisotopic (exact) mass is 343 g/mol. The second-order valence-electron chi connectivity index (χ2n) is 5.59. The first kappa shape index (κ1) is 14.6. The van der Waals surface area contributed by atoms with Crippen LogP contribution in [-0.2, 0) is 11.3 Å². The van der Waals surface area contributed by atoms with E-state index in [0.717, 1.165) is 44.3 Å². The Hall–Kier alpha value is -1.98. The molecule has 0 aliphatic carbocycles. The highest BCUT2D eigenvalue weighted by Gasteiger charge is 2.20. The van der Waals surface area contributed by atoms with Crippen LogP contribution in [0.25, 0.3) is 20.8 Å². The van der Waals surface area contributed by atoms with Crippen molar-refractivity contribution in [3.63, 3.8) is 0 Å². The molecule has 3 aromatic rings. The molecule has 3 aromatic heterocycles. The molecule has 4 heterocycles. The fourth-order valence-electron chi connectivity index (χ4n) is 2.79. The fourth-order valence-corrected chi connectivity index (χ4v) is 4.06. The minimum absolute atomic E-state index is 0.235. The maximum atomic E-state index is 11.7. The number of hydrogen-bond donors (Lipinski definition) is 0. The van der Waals surface area contributed by atoms with Crippen LogP contribution in [0.3, 0.4) is 0 Å². The van der Waals surface area contributed by atoms with E-state index in [-0.39, 0.29) is 5.91 Å². The Morgan fingerprint density at radius 3 is 2.87 bits per heavy atom. The van der Waals surface area contributed by atoms with Gasteiger partial charge in [-0.2, -0.15) is 0 Å². The summed E-state index contributed by atoms with van der Waals surface area (Å²) >= 11 is 7.80. The minimum atomic E-state index is 0.235. The Morgan fingerprint density at radius 1 is 1.26 bits per heavy atom. The Labute approximate surface area is 142 Å². The van der Waals surface area contributed by atoms with Crippen molar-refractivity contribution >= 4 is 39.1 Å². The lowest BCUT2D eigenvalue weighted by atomic mass is 10.2. The molecule has 23 heavy (non-hydrogen) atoms. The van der Waals surface area contributed by atoms with E-state index in [2.05, 4.69) is 9.97 Å². The third-order valence-electron chi connectivity index (χ3n) is 3.99. The van der Waals surface area contributed by atoms with E-state index in [1.807, 2.05) is 29.3 Å². The molecule has 0 saturated carbocycles. The van der Waals surface area contributed by atoms with Crippen LogP contribution in [-0.4, -0.2) is 27.3 Å². The number of thiophene rings is 1. The molecule has 0 radical (unpaired) electrons. The summed E-state index contributed by atoms with van der Waals surface area (Å²) in [6, 6.07) is 7.84. The Kier molecular flexibility index (Phi) is 3.75. The van der Waals surface area contributed by atoms with Crippen LogP contribution >= 0.6 is 22.9 Å². The van der Waals surface area contributed by atoms with Crippen molar-refractivity contribution in [3.8, 4) is 10.6 Å². The number of fused-ring (bicyclic) bond motifs is 1. The molecule has 0 atom stereocenters. The van der Waals surface area contributed by atoms with Gasteiger partial charge in [0.15, 0.2) is 0 Å². The summed E-state index contributed by atoms with van der Waals surface area (Å²) in [6.45, 7) is 1.49. The average Bonchev–Trinajstić information content (AvgIpc) is 3.16. The van der Waals surface area contributed by atoms with Crippen molar-refractivity contribution in [2.24, 2.45) is 0 Å². The van der Waals surface area contributed by atoms with Gasteiger partial charge < -0.3 is 4.90 Å². The zero-order valence-electron chi connectivity index (χ0n) is 12.3. The number of aromatic nitrogens is 2. The number of pyridine rings is 2. The number of carbonyl (C=O) groups is 1. The summed E-state index contributed by atoms with van der Waals surface area (Å²) in [5, 5.41) is 0.718. The third kappa shape index (κ3) is 2.82. The number of rotatable bonds is 3. The lowest BCUT2D eigenvalue weighted by Crippen LogP contribution is -2.23. The quantitative estimate of drug-likeness (QED) is 0.718. The number of likely N-dealkylation sites (tertiary alicyclic amines) is 1. The first-order chi connectivity index (χ1) is 11.2. The van der Waals surface area contributed by atoms with Gasteiger partial charge in [0.25, 0.3) is 0 Å². The maximum absolute atomic E-state index is 11.7. The molecule has 6 heteroatoms. The summed E-state index contributed by atoms with van der Waals surface area (Å²) in [5.74, 6) is 0.235. The molecular formula is C17H14ClN3OS.